The summed E-state index contributed by atoms with van der Waals surface area (Å²) in [6.45, 7) is 3.84. The predicted octanol–water partition coefficient (Wildman–Crippen LogP) is 3.44. The number of amides is 2. The zero-order valence-corrected chi connectivity index (χ0v) is 14.8. The van der Waals surface area contributed by atoms with E-state index < -0.39 is 0 Å². The molecule has 0 radical (unpaired) electrons. The lowest BCUT2D eigenvalue weighted by Crippen LogP contribution is -2.51. The van der Waals surface area contributed by atoms with Gasteiger partial charge >= 0.3 is 6.03 Å². The van der Waals surface area contributed by atoms with Crippen LogP contribution in [0, 0.1) is 0 Å². The monoisotopic (exact) mass is 341 g/mol. The Balaban J connectivity index is 1.46. The number of para-hydroxylation sites is 1. The number of hydrogen-bond donors (Lipinski definition) is 1. The van der Waals surface area contributed by atoms with E-state index in [2.05, 4.69) is 65.0 Å². The molecule has 1 saturated heterocycles. The van der Waals surface area contributed by atoms with Gasteiger partial charge in [0.2, 0.25) is 0 Å². The van der Waals surface area contributed by atoms with Gasteiger partial charge in [0.1, 0.15) is 0 Å². The van der Waals surface area contributed by atoms with E-state index in [9.17, 15) is 4.79 Å². The van der Waals surface area contributed by atoms with Gasteiger partial charge < -0.3 is 15.1 Å². The van der Waals surface area contributed by atoms with Crippen molar-refractivity contribution >= 4 is 23.5 Å². The van der Waals surface area contributed by atoms with Crippen LogP contribution in [0.2, 0.25) is 0 Å². The van der Waals surface area contributed by atoms with E-state index in [1.165, 1.54) is 10.6 Å². The maximum atomic E-state index is 12.3. The summed E-state index contributed by atoms with van der Waals surface area (Å²) < 4.78 is 0. The number of thioether (sulfide) groups is 1. The molecule has 2 amide bonds. The highest BCUT2D eigenvalue weighted by molar-refractivity contribution is 7.98. The van der Waals surface area contributed by atoms with Crippen LogP contribution in [0.5, 0.6) is 0 Å². The summed E-state index contributed by atoms with van der Waals surface area (Å²) in [7, 11) is 0. The van der Waals surface area contributed by atoms with E-state index >= 15 is 0 Å². The molecule has 5 heteroatoms. The van der Waals surface area contributed by atoms with Crippen molar-refractivity contribution in [2.75, 3.05) is 37.3 Å². The van der Waals surface area contributed by atoms with Crippen LogP contribution in [0.15, 0.2) is 59.5 Å². The van der Waals surface area contributed by atoms with E-state index in [1.807, 2.05) is 11.0 Å². The van der Waals surface area contributed by atoms with Crippen LogP contribution < -0.4 is 10.2 Å². The van der Waals surface area contributed by atoms with E-state index in [0.717, 1.165) is 31.7 Å². The van der Waals surface area contributed by atoms with Crippen LogP contribution in [-0.2, 0) is 6.54 Å². The normalized spacial score (nSPS) is 14.5. The summed E-state index contributed by atoms with van der Waals surface area (Å²) in [6, 6.07) is 18.7. The molecule has 0 atom stereocenters. The fourth-order valence-electron chi connectivity index (χ4n) is 2.84. The summed E-state index contributed by atoms with van der Waals surface area (Å²) in [6.07, 6.45) is 2.06. The molecule has 3 rings (SSSR count). The molecule has 2 aromatic rings. The third-order valence-electron chi connectivity index (χ3n) is 4.29. The number of hydrogen-bond acceptors (Lipinski definition) is 3. The molecule has 1 heterocycles. The Morgan fingerprint density at radius 2 is 1.67 bits per heavy atom. The maximum absolute atomic E-state index is 12.3. The average molecular weight is 341 g/mol. The van der Waals surface area contributed by atoms with Gasteiger partial charge in [0.15, 0.2) is 0 Å². The highest BCUT2D eigenvalue weighted by Gasteiger charge is 2.20. The molecular formula is C19H23N3OS. The van der Waals surface area contributed by atoms with E-state index in [1.54, 1.807) is 11.8 Å². The van der Waals surface area contributed by atoms with Gasteiger partial charge in [-0.05, 0) is 36.1 Å². The minimum absolute atomic E-state index is 0.0247. The first-order valence-electron chi connectivity index (χ1n) is 8.22. The molecule has 0 saturated carbocycles. The van der Waals surface area contributed by atoms with Crippen molar-refractivity contribution in [3.05, 3.63) is 60.2 Å². The lowest BCUT2D eigenvalue weighted by atomic mass is 10.2. The topological polar surface area (TPSA) is 35.6 Å². The second-order valence-electron chi connectivity index (χ2n) is 5.82. The second-order valence-corrected chi connectivity index (χ2v) is 6.70. The zero-order chi connectivity index (χ0) is 16.8. The first kappa shape index (κ1) is 16.7. The predicted molar refractivity (Wildman–Crippen MR) is 101 cm³/mol. The van der Waals surface area contributed by atoms with Crippen molar-refractivity contribution in [1.29, 1.82) is 0 Å². The Kier molecular flexibility index (Phi) is 5.64. The molecule has 24 heavy (non-hydrogen) atoms. The average Bonchev–Trinajstić information content (AvgIpc) is 2.67. The molecule has 1 N–H and O–H groups in total. The summed E-state index contributed by atoms with van der Waals surface area (Å²) in [4.78, 5) is 17.8. The molecule has 1 aliphatic rings. The quantitative estimate of drug-likeness (QED) is 0.866. The number of piperazine rings is 1. The number of anilines is 1. The van der Waals surface area contributed by atoms with Crippen LogP contribution in [-0.4, -0.2) is 43.4 Å². The lowest BCUT2D eigenvalue weighted by Gasteiger charge is -2.36. The fraction of sp³-hybridized carbons (Fsp3) is 0.316. The fourth-order valence-corrected chi connectivity index (χ4v) is 3.25. The molecule has 0 unspecified atom stereocenters. The minimum atomic E-state index is 0.0247. The van der Waals surface area contributed by atoms with Crippen LogP contribution in [0.25, 0.3) is 0 Å². The Hall–Kier alpha value is -2.14. The van der Waals surface area contributed by atoms with Gasteiger partial charge in [-0.25, -0.2) is 4.79 Å². The Labute approximate surface area is 147 Å². The number of nitrogens with zero attached hydrogens (tertiary/aromatic N) is 2. The third-order valence-corrected chi connectivity index (χ3v) is 5.03. The van der Waals surface area contributed by atoms with E-state index in [-0.39, 0.29) is 6.03 Å². The van der Waals surface area contributed by atoms with Crippen molar-refractivity contribution in [2.24, 2.45) is 0 Å². The molecule has 1 aliphatic heterocycles. The smallest absolute Gasteiger partial charge is 0.317 e. The third kappa shape index (κ3) is 4.23. The van der Waals surface area contributed by atoms with Crippen molar-refractivity contribution < 1.29 is 4.79 Å². The molecule has 0 bridgehead atoms. The van der Waals surface area contributed by atoms with Crippen molar-refractivity contribution in [3.8, 4) is 0 Å². The van der Waals surface area contributed by atoms with Gasteiger partial charge in [0, 0.05) is 43.3 Å². The van der Waals surface area contributed by atoms with Crippen LogP contribution in [0.4, 0.5) is 10.5 Å². The van der Waals surface area contributed by atoms with Gasteiger partial charge in [-0.3, -0.25) is 0 Å². The van der Waals surface area contributed by atoms with Crippen LogP contribution >= 0.6 is 11.8 Å². The first-order chi connectivity index (χ1) is 11.8. The SMILES string of the molecule is CSc1ccc(CNC(=O)N2CCN(c3ccccc3)CC2)cc1. The molecule has 0 aromatic heterocycles. The number of carbonyl (C=O) groups excluding carboxylic acids is 1. The van der Waals surface area contributed by atoms with Crippen molar-refractivity contribution in [1.82, 2.24) is 10.2 Å². The largest absolute Gasteiger partial charge is 0.368 e. The minimum Gasteiger partial charge on any atom is -0.368 e. The number of benzene rings is 2. The highest BCUT2D eigenvalue weighted by atomic mass is 32.2. The summed E-state index contributed by atoms with van der Waals surface area (Å²) in [5.41, 5.74) is 2.36. The molecule has 1 fully saturated rings. The van der Waals surface area contributed by atoms with Crippen LogP contribution in [0.1, 0.15) is 5.56 Å². The number of nitrogens with one attached hydrogen (secondary N) is 1. The molecule has 0 aliphatic carbocycles. The molecule has 0 spiro atoms. The summed E-state index contributed by atoms with van der Waals surface area (Å²) in [5.74, 6) is 0. The van der Waals surface area contributed by atoms with Crippen LogP contribution in [0.3, 0.4) is 0 Å². The summed E-state index contributed by atoms with van der Waals surface area (Å²) >= 11 is 1.72. The Morgan fingerprint density at radius 1 is 1.00 bits per heavy atom. The molecule has 4 nitrogen and oxygen atoms in total. The Bertz CT molecular complexity index is 652. The van der Waals surface area contributed by atoms with Crippen molar-refractivity contribution in [2.45, 2.75) is 11.4 Å². The van der Waals surface area contributed by atoms with Gasteiger partial charge in [0.25, 0.3) is 0 Å². The standard InChI is InChI=1S/C19H23N3OS/c1-24-18-9-7-16(8-10-18)15-20-19(23)22-13-11-21(12-14-22)17-5-3-2-4-6-17/h2-10H,11-15H2,1H3,(H,20,23). The van der Waals surface area contributed by atoms with Gasteiger partial charge in [-0.1, -0.05) is 30.3 Å². The number of rotatable bonds is 4. The molecule has 2 aromatic carbocycles. The highest BCUT2D eigenvalue weighted by Crippen LogP contribution is 2.16. The van der Waals surface area contributed by atoms with E-state index in [0.29, 0.717) is 6.54 Å². The first-order valence-corrected chi connectivity index (χ1v) is 9.44. The maximum Gasteiger partial charge on any atom is 0.317 e. The number of urea groups is 1. The molecular weight excluding hydrogens is 318 g/mol. The second kappa shape index (κ2) is 8.11. The summed E-state index contributed by atoms with van der Waals surface area (Å²) in [5, 5.41) is 3.02. The number of carbonyl (C=O) groups is 1. The molecule has 126 valence electrons. The van der Waals surface area contributed by atoms with Crippen molar-refractivity contribution in [3.63, 3.8) is 0 Å². The lowest BCUT2D eigenvalue weighted by molar-refractivity contribution is 0.194. The van der Waals surface area contributed by atoms with Gasteiger partial charge in [-0.15, -0.1) is 11.8 Å². The van der Waals surface area contributed by atoms with E-state index in [4.69, 9.17) is 0 Å². The Morgan fingerprint density at radius 3 is 2.29 bits per heavy atom. The zero-order valence-electron chi connectivity index (χ0n) is 13.9. The van der Waals surface area contributed by atoms with Gasteiger partial charge in [0.05, 0.1) is 0 Å². The van der Waals surface area contributed by atoms with Gasteiger partial charge in [-0.2, -0.15) is 0 Å².